The molecule has 1 saturated heterocycles. The van der Waals surface area contributed by atoms with Gasteiger partial charge >= 0.3 is 0 Å². The molecule has 1 atom stereocenters. The number of hydrogen-bond donors (Lipinski definition) is 1. The zero-order valence-electron chi connectivity index (χ0n) is 14.9. The van der Waals surface area contributed by atoms with Gasteiger partial charge in [0.15, 0.2) is 0 Å². The quantitative estimate of drug-likeness (QED) is 0.604. The minimum absolute atomic E-state index is 0.340. The highest BCUT2D eigenvalue weighted by Crippen LogP contribution is 2.35. The second kappa shape index (κ2) is 5.85. The van der Waals surface area contributed by atoms with Gasteiger partial charge in [-0.25, -0.2) is 9.97 Å². The van der Waals surface area contributed by atoms with Crippen LogP contribution < -0.4 is 4.90 Å². The molecule has 4 aromatic rings. The fraction of sp³-hybridized carbons (Fsp3) is 0.300. The lowest BCUT2D eigenvalue weighted by molar-refractivity contribution is 0.0991. The van der Waals surface area contributed by atoms with E-state index in [-0.39, 0.29) is 0 Å². The fourth-order valence-electron chi connectivity index (χ4n) is 3.86. The van der Waals surface area contributed by atoms with Crippen molar-refractivity contribution >= 4 is 27.8 Å². The number of aryl methyl sites for hydroxylation is 1. The second-order valence-electron chi connectivity index (χ2n) is 6.91. The fourth-order valence-corrected chi connectivity index (χ4v) is 3.86. The highest BCUT2D eigenvalue weighted by molar-refractivity contribution is 5.97. The van der Waals surface area contributed by atoms with Gasteiger partial charge in [-0.1, -0.05) is 0 Å². The molecule has 1 fully saturated rings. The Bertz CT molecular complexity index is 1100. The van der Waals surface area contributed by atoms with Gasteiger partial charge in [-0.05, 0) is 31.2 Å². The number of anilines is 1. The summed E-state index contributed by atoms with van der Waals surface area (Å²) in [7, 11) is 2.05. The molecule has 0 spiro atoms. The maximum atomic E-state index is 5.64. The summed E-state index contributed by atoms with van der Waals surface area (Å²) in [6.07, 6.45) is 5.84. The zero-order chi connectivity index (χ0) is 17.7. The molecule has 1 N–H and O–H groups in total. The van der Waals surface area contributed by atoms with E-state index in [1.807, 2.05) is 25.5 Å². The van der Waals surface area contributed by atoms with E-state index in [0.29, 0.717) is 6.04 Å². The summed E-state index contributed by atoms with van der Waals surface area (Å²) in [5.74, 6) is 0. The molecule has 1 aliphatic rings. The second-order valence-corrected chi connectivity index (χ2v) is 6.91. The zero-order valence-corrected chi connectivity index (χ0v) is 14.9. The van der Waals surface area contributed by atoms with E-state index in [0.717, 1.165) is 47.7 Å². The van der Waals surface area contributed by atoms with E-state index in [1.165, 1.54) is 11.1 Å². The summed E-state index contributed by atoms with van der Waals surface area (Å²) in [5.41, 5.74) is 5.18. The number of aromatic nitrogens is 4. The van der Waals surface area contributed by atoms with Crippen LogP contribution in [0, 0.1) is 0 Å². The van der Waals surface area contributed by atoms with Crippen LogP contribution >= 0.6 is 0 Å². The number of pyridine rings is 2. The molecule has 0 radical (unpaired) electrons. The Hall–Kier alpha value is -2.86. The van der Waals surface area contributed by atoms with E-state index in [1.54, 1.807) is 0 Å². The Kier molecular flexibility index (Phi) is 3.46. The van der Waals surface area contributed by atoms with Gasteiger partial charge in [0.25, 0.3) is 0 Å². The molecule has 5 heterocycles. The third kappa shape index (κ3) is 2.29. The molecule has 6 nitrogen and oxygen atoms in total. The van der Waals surface area contributed by atoms with Crippen molar-refractivity contribution in [3.63, 3.8) is 0 Å². The first kappa shape index (κ1) is 15.4. The van der Waals surface area contributed by atoms with Crippen molar-refractivity contribution in [3.05, 3.63) is 42.9 Å². The molecule has 0 amide bonds. The highest BCUT2D eigenvalue weighted by Gasteiger charge is 2.23. The molecule has 132 valence electrons. The third-order valence-electron chi connectivity index (χ3n) is 5.23. The summed E-state index contributed by atoms with van der Waals surface area (Å²) >= 11 is 0. The Morgan fingerprint density at radius 2 is 2.15 bits per heavy atom. The number of nitrogens with one attached hydrogen (secondary N) is 1. The Labute approximate surface area is 151 Å². The maximum absolute atomic E-state index is 5.64. The summed E-state index contributed by atoms with van der Waals surface area (Å²) in [5, 5.41) is 2.28. The number of H-pyrrole nitrogens is 1. The normalized spacial score (nSPS) is 18.1. The summed E-state index contributed by atoms with van der Waals surface area (Å²) in [4.78, 5) is 15.0. The van der Waals surface area contributed by atoms with Crippen LogP contribution in [0.4, 0.5) is 5.69 Å². The lowest BCUT2D eigenvalue weighted by Gasteiger charge is -2.35. The van der Waals surface area contributed by atoms with E-state index in [4.69, 9.17) is 9.72 Å². The molecule has 0 saturated carbocycles. The molecule has 0 unspecified atom stereocenters. The molecular formula is C20H21N5O. The van der Waals surface area contributed by atoms with Gasteiger partial charge in [0.1, 0.15) is 11.3 Å². The van der Waals surface area contributed by atoms with Crippen molar-refractivity contribution in [2.75, 3.05) is 24.7 Å². The van der Waals surface area contributed by atoms with E-state index >= 15 is 0 Å². The highest BCUT2D eigenvalue weighted by atomic mass is 16.5. The average molecular weight is 347 g/mol. The number of ether oxygens (including phenoxy) is 1. The Balaban J connectivity index is 1.76. The first-order chi connectivity index (χ1) is 12.7. The van der Waals surface area contributed by atoms with E-state index in [9.17, 15) is 0 Å². The minimum Gasteiger partial charge on any atom is -0.377 e. The lowest BCUT2D eigenvalue weighted by Crippen LogP contribution is -2.43. The van der Waals surface area contributed by atoms with Crippen LogP contribution in [0.5, 0.6) is 0 Å². The van der Waals surface area contributed by atoms with Gasteiger partial charge in [0.05, 0.1) is 24.6 Å². The van der Waals surface area contributed by atoms with Crippen LogP contribution in [0.3, 0.4) is 0 Å². The molecule has 6 heteroatoms. The number of aromatic amines is 1. The molecule has 1 aliphatic heterocycles. The van der Waals surface area contributed by atoms with Crippen molar-refractivity contribution in [3.8, 4) is 11.3 Å². The van der Waals surface area contributed by atoms with Crippen molar-refractivity contribution in [1.29, 1.82) is 0 Å². The van der Waals surface area contributed by atoms with Gasteiger partial charge in [0.2, 0.25) is 0 Å². The molecule has 0 bridgehead atoms. The minimum atomic E-state index is 0.340. The van der Waals surface area contributed by atoms with Crippen LogP contribution in [0.15, 0.2) is 42.9 Å². The van der Waals surface area contributed by atoms with Gasteiger partial charge in [-0.15, -0.1) is 0 Å². The predicted octanol–water partition coefficient (Wildman–Crippen LogP) is 3.34. The van der Waals surface area contributed by atoms with Crippen molar-refractivity contribution < 1.29 is 4.74 Å². The van der Waals surface area contributed by atoms with Crippen LogP contribution in [0.25, 0.3) is 33.3 Å². The predicted molar refractivity (Wildman–Crippen MR) is 103 cm³/mol. The number of hydrogen-bond acceptors (Lipinski definition) is 4. The van der Waals surface area contributed by atoms with Gasteiger partial charge in [0, 0.05) is 54.6 Å². The van der Waals surface area contributed by atoms with Crippen LogP contribution in [0.2, 0.25) is 0 Å². The largest absolute Gasteiger partial charge is 0.377 e. The number of nitrogens with zero attached hydrogens (tertiary/aromatic N) is 4. The first-order valence-corrected chi connectivity index (χ1v) is 8.95. The molecule has 0 aromatic carbocycles. The summed E-state index contributed by atoms with van der Waals surface area (Å²) in [6.45, 7) is 4.62. The SMILES string of the molecule is C[C@@H]1COCCN1c1cc(-c2ccnc3[nH]ccc23)nc2c1ccn2C. The molecule has 5 rings (SSSR count). The van der Waals surface area contributed by atoms with Crippen LogP contribution in [0.1, 0.15) is 6.92 Å². The summed E-state index contributed by atoms with van der Waals surface area (Å²) < 4.78 is 7.72. The molecular weight excluding hydrogens is 326 g/mol. The van der Waals surface area contributed by atoms with Crippen molar-refractivity contribution in [2.24, 2.45) is 7.05 Å². The first-order valence-electron chi connectivity index (χ1n) is 8.95. The van der Waals surface area contributed by atoms with E-state index in [2.05, 4.69) is 50.8 Å². The molecule has 26 heavy (non-hydrogen) atoms. The van der Waals surface area contributed by atoms with Gasteiger partial charge in [-0.3, -0.25) is 0 Å². The number of fused-ring (bicyclic) bond motifs is 2. The number of rotatable bonds is 2. The Morgan fingerprint density at radius 3 is 3.04 bits per heavy atom. The maximum Gasteiger partial charge on any atom is 0.142 e. The van der Waals surface area contributed by atoms with Gasteiger partial charge in [-0.2, -0.15) is 0 Å². The van der Waals surface area contributed by atoms with Gasteiger partial charge < -0.3 is 19.2 Å². The molecule has 0 aliphatic carbocycles. The number of morpholine rings is 1. The van der Waals surface area contributed by atoms with Crippen molar-refractivity contribution in [2.45, 2.75) is 13.0 Å². The summed E-state index contributed by atoms with van der Waals surface area (Å²) in [6, 6.07) is 8.81. The Morgan fingerprint density at radius 1 is 1.23 bits per heavy atom. The standard InChI is InChI=1S/C20H21N5O/c1-13-12-26-10-9-25(13)18-11-17(23-20-16(18)5-8-24(20)2)14-3-6-21-19-15(14)4-7-22-19/h3-8,11,13H,9-10,12H2,1-2H3,(H,21,22)/t13-/m1/s1. The average Bonchev–Trinajstić information content (AvgIpc) is 3.28. The lowest BCUT2D eigenvalue weighted by atomic mass is 10.1. The topological polar surface area (TPSA) is 59.0 Å². The van der Waals surface area contributed by atoms with Crippen LogP contribution in [-0.2, 0) is 11.8 Å². The van der Waals surface area contributed by atoms with Crippen LogP contribution in [-0.4, -0.2) is 45.3 Å². The molecule has 4 aromatic heterocycles. The monoisotopic (exact) mass is 347 g/mol. The third-order valence-corrected chi connectivity index (χ3v) is 5.23. The van der Waals surface area contributed by atoms with E-state index < -0.39 is 0 Å². The van der Waals surface area contributed by atoms with Crippen molar-refractivity contribution in [1.82, 2.24) is 19.5 Å². The smallest absolute Gasteiger partial charge is 0.142 e.